The van der Waals surface area contributed by atoms with Gasteiger partial charge in [-0.3, -0.25) is 0 Å². The van der Waals surface area contributed by atoms with E-state index in [4.69, 9.17) is 29.0 Å². The molecule has 13 nitrogen and oxygen atoms in total. The summed E-state index contributed by atoms with van der Waals surface area (Å²) in [6.07, 6.45) is 12.0. The first-order chi connectivity index (χ1) is 37.3. The Labute approximate surface area is 485 Å². The zero-order chi connectivity index (χ0) is 54.3. The van der Waals surface area contributed by atoms with Gasteiger partial charge >= 0.3 is 11.9 Å². The van der Waals surface area contributed by atoms with E-state index in [0.717, 1.165) is 114 Å². The fourth-order valence-electron chi connectivity index (χ4n) is 10.1. The minimum absolute atomic E-state index is 0.161. The fourth-order valence-corrected chi connectivity index (χ4v) is 12.6. The van der Waals surface area contributed by atoms with Crippen LogP contribution in [-0.2, 0) is 38.6 Å². The number of nitrogens with two attached hydrogens (primary N) is 1. The van der Waals surface area contributed by atoms with E-state index in [1.807, 2.05) is 12.1 Å². The Hall–Kier alpha value is -4.30. The molecule has 4 atom stereocenters. The van der Waals surface area contributed by atoms with E-state index in [9.17, 15) is 18.4 Å². The van der Waals surface area contributed by atoms with Crippen LogP contribution in [-0.4, -0.2) is 64.7 Å². The van der Waals surface area contributed by atoms with Crippen LogP contribution in [0.1, 0.15) is 136 Å². The van der Waals surface area contributed by atoms with Gasteiger partial charge in [-0.25, -0.2) is 28.3 Å². The Morgan fingerprint density at radius 2 is 1.16 bits per heavy atom. The molecule has 4 aliphatic rings. The molecule has 0 bridgehead atoms. The number of esters is 2. The van der Waals surface area contributed by atoms with Crippen molar-refractivity contribution in [2.24, 2.45) is 11.7 Å². The summed E-state index contributed by atoms with van der Waals surface area (Å²) in [4.78, 5) is 31.5. The van der Waals surface area contributed by atoms with E-state index >= 15 is 0 Å². The molecule has 406 valence electrons. The molecule has 0 radical (unpaired) electrons. The Kier molecular flexibility index (Phi) is 19.6. The highest BCUT2D eigenvalue weighted by molar-refractivity contribution is 15.0. The Balaban J connectivity index is 0.000000153. The van der Waals surface area contributed by atoms with Crippen molar-refractivity contribution in [3.05, 3.63) is 138 Å². The van der Waals surface area contributed by atoms with Gasteiger partial charge in [0.2, 0.25) is 0 Å². The van der Waals surface area contributed by atoms with E-state index < -0.39 is 23.6 Å². The second-order valence-corrected chi connectivity index (χ2v) is 23.3. The number of carbonyl (C=O) groups excluding carboxylic acids is 2. The van der Waals surface area contributed by atoms with Crippen molar-refractivity contribution in [2.45, 2.75) is 128 Å². The number of aryl methyl sites for hydroxylation is 2. The molecule has 4 aromatic heterocycles. The maximum atomic E-state index is 14.5. The van der Waals surface area contributed by atoms with E-state index in [1.54, 1.807) is 12.1 Å². The smallest absolute Gasteiger partial charge is 0.338 e. The summed E-state index contributed by atoms with van der Waals surface area (Å²) in [5.41, 5.74) is 15.7. The van der Waals surface area contributed by atoms with Crippen molar-refractivity contribution in [2.75, 3.05) is 14.2 Å². The number of thiazole rings is 2. The predicted molar refractivity (Wildman–Crippen MR) is 315 cm³/mol. The van der Waals surface area contributed by atoms with Crippen LogP contribution < -0.4 is 5.73 Å². The van der Waals surface area contributed by atoms with Gasteiger partial charge in [-0.05, 0) is 135 Å². The van der Waals surface area contributed by atoms with Gasteiger partial charge in [0, 0.05) is 83.8 Å². The summed E-state index contributed by atoms with van der Waals surface area (Å²) in [6.45, 7) is 5.29. The molecule has 4 aromatic carbocycles. The van der Waals surface area contributed by atoms with E-state index in [-0.39, 0.29) is 28.9 Å². The first-order valence-electron chi connectivity index (χ1n) is 25.6. The third-order valence-electron chi connectivity index (χ3n) is 14.4. The highest BCUT2D eigenvalue weighted by Crippen LogP contribution is 2.46. The topological polar surface area (TPSA) is 175 Å². The predicted octanol–water partition coefficient (Wildman–Crippen LogP) is 15.7. The monoisotopic (exact) mass is 1380 g/mol. The molecule has 20 heteroatoms. The number of halogens is 5. The lowest BCUT2D eigenvalue weighted by molar-refractivity contribution is 0.0423. The largest absolute Gasteiger partial charge is 0.465 e. The molecule has 4 heterocycles. The first-order valence-corrected chi connectivity index (χ1v) is 34.3. The maximum Gasteiger partial charge on any atom is 0.338 e. The summed E-state index contributed by atoms with van der Waals surface area (Å²) < 4.78 is 63.3. The van der Waals surface area contributed by atoms with Crippen LogP contribution in [0.4, 0.5) is 8.78 Å². The van der Waals surface area contributed by atoms with Crippen molar-refractivity contribution in [1.29, 1.82) is 0 Å². The van der Waals surface area contributed by atoms with Crippen LogP contribution in [0.15, 0.2) is 85.8 Å². The fraction of sp³-hybridized carbons (Fsp3) is 0.404. The molecule has 0 amide bonds. The Morgan fingerprint density at radius 1 is 0.675 bits per heavy atom. The Bertz CT molecular complexity index is 3360. The van der Waals surface area contributed by atoms with E-state index in [1.165, 1.54) is 66.9 Å². The second-order valence-electron chi connectivity index (χ2n) is 19.9. The minimum Gasteiger partial charge on any atom is -0.465 e. The van der Waals surface area contributed by atoms with E-state index in [0.29, 0.717) is 55.8 Å². The zero-order valence-corrected chi connectivity index (χ0v) is 50.5. The molecule has 2 N–H and O–H groups in total. The number of fused-ring (bicyclic) bond motifs is 2. The lowest BCUT2D eigenvalue weighted by atomic mass is 10.0. The average Bonchev–Trinajstić information content (AvgIpc) is 4.05. The quantitative estimate of drug-likeness (QED) is 0.0805. The van der Waals surface area contributed by atoms with Gasteiger partial charge in [-0.15, -0.1) is 22.7 Å². The van der Waals surface area contributed by atoms with Crippen LogP contribution >= 0.6 is 75.8 Å². The van der Waals surface area contributed by atoms with Gasteiger partial charge in [-0.2, -0.15) is 0 Å². The second kappa shape index (κ2) is 26.3. The molecule has 4 saturated carbocycles. The molecule has 8 aromatic rings. The summed E-state index contributed by atoms with van der Waals surface area (Å²) in [5.74, 6) is 1.32. The van der Waals surface area contributed by atoms with Crippen molar-refractivity contribution in [3.8, 4) is 22.5 Å². The first kappa shape index (κ1) is 57.4. The molecule has 1 unspecified atom stereocenters. The highest BCUT2D eigenvalue weighted by Gasteiger charge is 2.36. The average molecular weight is 1380 g/mol. The standard InChI is InChI=1S/C29H29FN2O4S.C19H24N2O2.C9H5BrFNO2S.I2/c1-16-5-3-4-6-21(16)26-22(28(36-32-26)18-8-9-18)15-35-20-10-7-17(11-20)12-25-31-27-23(30)13-19(29(33)34-2)14-24(27)37-25;1-12-4-2-3-5-16(12)18-17(19(23-21-18)13-6-7-13)11-22-15-9-8-14(20)10-15;1-14-8(13)4-2-5(11)7-6(3-4)15-9(10)12-7;1-2/h3-6,13-14,17-18,20H,7-12,15H2,1-2H3;2-5,13-15H,6-11,20H2,1H3;2-3H,1H3;/t17-,20+;14-,15?;;/m11../s1. The lowest BCUT2D eigenvalue weighted by Gasteiger charge is -2.13. The number of rotatable bonds is 14. The minimum atomic E-state index is -0.555. The van der Waals surface area contributed by atoms with Crippen LogP contribution in [0.3, 0.4) is 0 Å². The highest BCUT2D eigenvalue weighted by atomic mass is 128. The SMILES string of the molecule is COC(=O)c1cc(F)c2nc(Br)sc2c1.COC(=O)c1cc(F)c2nc(C[C@@H]3CC[C@H](OCc4c(-c5ccccc5C)noc4C4CC4)C3)sc2c1.Cc1ccccc1-c1noc(C2CC2)c1COC1CC[C@@H](N)C1.II. The zero-order valence-electron chi connectivity index (χ0n) is 42.9. The van der Waals surface area contributed by atoms with Gasteiger partial charge in [-0.1, -0.05) is 58.8 Å². The van der Waals surface area contributed by atoms with Crippen LogP contribution in [0.2, 0.25) is 0 Å². The number of nitrogens with zero attached hydrogens (tertiary/aromatic N) is 4. The van der Waals surface area contributed by atoms with Gasteiger partial charge in [0.1, 0.15) is 33.9 Å². The number of carbonyl (C=O) groups is 2. The normalized spacial score (nSPS) is 18.8. The van der Waals surface area contributed by atoms with Crippen molar-refractivity contribution in [1.82, 2.24) is 20.3 Å². The van der Waals surface area contributed by atoms with Crippen molar-refractivity contribution >= 4 is 108 Å². The van der Waals surface area contributed by atoms with Gasteiger partial charge in [0.15, 0.2) is 15.6 Å². The molecule has 12 rings (SSSR count). The molecule has 77 heavy (non-hydrogen) atoms. The van der Waals surface area contributed by atoms with Gasteiger partial charge in [0.05, 0.1) is 65.2 Å². The molecular formula is C57H58BrF2I2N5O8S2. The Morgan fingerprint density at radius 3 is 1.64 bits per heavy atom. The van der Waals surface area contributed by atoms with Crippen molar-refractivity contribution in [3.63, 3.8) is 0 Å². The number of benzene rings is 4. The van der Waals surface area contributed by atoms with E-state index in [2.05, 4.69) is 128 Å². The number of hydrogen-bond acceptors (Lipinski definition) is 15. The van der Waals surface area contributed by atoms with Gasteiger partial charge < -0.3 is 33.7 Å². The molecule has 4 fully saturated rings. The van der Waals surface area contributed by atoms with Crippen LogP contribution in [0.25, 0.3) is 42.9 Å². The molecule has 4 aliphatic carbocycles. The molecular weight excluding hydrogens is 1320 g/mol. The van der Waals surface area contributed by atoms with Gasteiger partial charge in [0.25, 0.3) is 0 Å². The van der Waals surface area contributed by atoms with Crippen LogP contribution in [0, 0.1) is 31.4 Å². The maximum absolute atomic E-state index is 14.5. The van der Waals surface area contributed by atoms with Crippen molar-refractivity contribution < 1.29 is 46.4 Å². The molecule has 0 spiro atoms. The summed E-state index contributed by atoms with van der Waals surface area (Å²) in [5, 5.41) is 9.73. The third-order valence-corrected chi connectivity index (χ3v) is 16.9. The summed E-state index contributed by atoms with van der Waals surface area (Å²) in [7, 11) is 2.55. The molecule has 0 saturated heterocycles. The third kappa shape index (κ3) is 14.0. The lowest BCUT2D eigenvalue weighted by Crippen LogP contribution is -2.17. The molecule has 0 aliphatic heterocycles. The number of hydrogen-bond donors (Lipinski definition) is 1. The van der Waals surface area contributed by atoms with Crippen LogP contribution in [0.5, 0.6) is 0 Å². The number of methoxy groups -OCH3 is 2. The number of ether oxygens (including phenoxy) is 4. The number of aromatic nitrogens is 4. The summed E-state index contributed by atoms with van der Waals surface area (Å²) >= 11 is 10.1. The summed E-state index contributed by atoms with van der Waals surface area (Å²) in [6, 6.07) is 22.4.